The first kappa shape index (κ1) is 18.7. The number of rotatable bonds is 10. The average molecular weight is 342 g/mol. The van der Waals surface area contributed by atoms with Gasteiger partial charge in [0.1, 0.15) is 12.4 Å². The quantitative estimate of drug-likeness (QED) is 0.394. The van der Waals surface area contributed by atoms with E-state index in [9.17, 15) is 0 Å². The van der Waals surface area contributed by atoms with Crippen molar-refractivity contribution in [3.05, 3.63) is 59.9 Å². The third kappa shape index (κ3) is 7.67. The van der Waals surface area contributed by atoms with Crippen LogP contribution in [0.5, 0.6) is 5.75 Å². The van der Waals surface area contributed by atoms with Gasteiger partial charge in [0.2, 0.25) is 0 Å². The molecule has 0 radical (unpaired) electrons. The van der Waals surface area contributed by atoms with Gasteiger partial charge >= 0.3 is 0 Å². The normalized spacial score (nSPS) is 11.3. The van der Waals surface area contributed by atoms with Crippen molar-refractivity contribution in [3.8, 4) is 5.75 Å². The third-order valence-electron chi connectivity index (χ3n) is 3.42. The summed E-state index contributed by atoms with van der Waals surface area (Å²) in [5.74, 6) is 1.23. The number of nitrogens with one attached hydrogen (secondary N) is 1. The standard InChI is InChI=1S/C19H26N4O2/c1-2-24-12-6-11-22-19(20)23-14-16-7-5-9-18(13-16)25-15-17-8-3-4-10-21-17/h3-5,7-10,13H,2,6,11-12,14-15H2,1H3,(H3,20,22,23). The maximum atomic E-state index is 5.87. The van der Waals surface area contributed by atoms with Gasteiger partial charge in [0.15, 0.2) is 5.96 Å². The van der Waals surface area contributed by atoms with Crippen LogP contribution in [-0.4, -0.2) is 30.7 Å². The number of aromatic nitrogens is 1. The van der Waals surface area contributed by atoms with Gasteiger partial charge in [-0.1, -0.05) is 18.2 Å². The number of nitrogens with two attached hydrogens (primary N) is 1. The van der Waals surface area contributed by atoms with E-state index in [1.165, 1.54) is 0 Å². The number of guanidine groups is 1. The lowest BCUT2D eigenvalue weighted by atomic mass is 10.2. The van der Waals surface area contributed by atoms with Crippen molar-refractivity contribution in [1.29, 1.82) is 0 Å². The topological polar surface area (TPSA) is 81.8 Å². The first-order valence-corrected chi connectivity index (χ1v) is 8.51. The monoisotopic (exact) mass is 342 g/mol. The summed E-state index contributed by atoms with van der Waals surface area (Å²) in [4.78, 5) is 8.59. The summed E-state index contributed by atoms with van der Waals surface area (Å²) >= 11 is 0. The number of aliphatic imine (C=N–C) groups is 1. The maximum absolute atomic E-state index is 5.87. The van der Waals surface area contributed by atoms with Crippen molar-refractivity contribution in [2.75, 3.05) is 19.8 Å². The molecule has 6 heteroatoms. The van der Waals surface area contributed by atoms with E-state index in [2.05, 4.69) is 15.3 Å². The predicted octanol–water partition coefficient (Wildman–Crippen LogP) is 2.49. The zero-order chi connectivity index (χ0) is 17.7. The molecule has 0 atom stereocenters. The molecule has 2 rings (SSSR count). The molecule has 25 heavy (non-hydrogen) atoms. The second kappa shape index (κ2) is 11.0. The number of nitrogens with zero attached hydrogens (tertiary/aromatic N) is 2. The van der Waals surface area contributed by atoms with Crippen LogP contribution in [0.4, 0.5) is 0 Å². The molecule has 0 fully saturated rings. The fraction of sp³-hybridized carbons (Fsp3) is 0.368. The summed E-state index contributed by atoms with van der Waals surface area (Å²) in [6, 6.07) is 13.6. The van der Waals surface area contributed by atoms with E-state index in [4.69, 9.17) is 15.2 Å². The molecule has 2 aromatic rings. The van der Waals surface area contributed by atoms with Crippen LogP contribution < -0.4 is 15.8 Å². The highest BCUT2D eigenvalue weighted by atomic mass is 16.5. The molecular weight excluding hydrogens is 316 g/mol. The number of benzene rings is 1. The molecule has 0 aliphatic heterocycles. The average Bonchev–Trinajstić information content (AvgIpc) is 2.66. The lowest BCUT2D eigenvalue weighted by molar-refractivity contribution is 0.145. The molecule has 1 aromatic heterocycles. The second-order valence-corrected chi connectivity index (χ2v) is 5.44. The predicted molar refractivity (Wildman–Crippen MR) is 99.5 cm³/mol. The largest absolute Gasteiger partial charge is 0.487 e. The molecular formula is C19H26N4O2. The van der Waals surface area contributed by atoms with E-state index in [-0.39, 0.29) is 0 Å². The molecule has 6 nitrogen and oxygen atoms in total. The van der Waals surface area contributed by atoms with Gasteiger partial charge in [-0.05, 0) is 43.2 Å². The zero-order valence-electron chi connectivity index (χ0n) is 14.6. The fourth-order valence-electron chi connectivity index (χ4n) is 2.14. The van der Waals surface area contributed by atoms with Crippen molar-refractivity contribution in [2.45, 2.75) is 26.5 Å². The van der Waals surface area contributed by atoms with Gasteiger partial charge < -0.3 is 20.5 Å². The van der Waals surface area contributed by atoms with E-state index >= 15 is 0 Å². The minimum atomic E-state index is 0.441. The molecule has 0 bridgehead atoms. The maximum Gasteiger partial charge on any atom is 0.188 e. The molecule has 1 aromatic carbocycles. The van der Waals surface area contributed by atoms with Crippen LogP contribution in [0.25, 0.3) is 0 Å². The summed E-state index contributed by atoms with van der Waals surface area (Å²) in [6.07, 6.45) is 2.66. The Hall–Kier alpha value is -2.60. The SMILES string of the molecule is CCOCCCNC(N)=NCc1cccc(OCc2ccccn2)c1. The first-order valence-electron chi connectivity index (χ1n) is 8.51. The summed E-state index contributed by atoms with van der Waals surface area (Å²) in [7, 11) is 0. The molecule has 1 heterocycles. The first-order chi connectivity index (χ1) is 12.3. The van der Waals surface area contributed by atoms with E-state index in [0.717, 1.165) is 43.2 Å². The summed E-state index contributed by atoms with van der Waals surface area (Å²) in [5, 5.41) is 3.08. The Morgan fingerprint density at radius 1 is 1.24 bits per heavy atom. The molecule has 0 amide bonds. The van der Waals surface area contributed by atoms with Crippen LogP contribution in [-0.2, 0) is 17.9 Å². The molecule has 0 aliphatic rings. The molecule has 0 saturated heterocycles. The smallest absolute Gasteiger partial charge is 0.188 e. The number of ether oxygens (including phenoxy) is 2. The van der Waals surface area contributed by atoms with Crippen LogP contribution in [0.2, 0.25) is 0 Å². The van der Waals surface area contributed by atoms with Gasteiger partial charge in [0, 0.05) is 26.0 Å². The van der Waals surface area contributed by atoms with Gasteiger partial charge in [-0.2, -0.15) is 0 Å². The van der Waals surface area contributed by atoms with Crippen molar-refractivity contribution in [1.82, 2.24) is 10.3 Å². The number of pyridine rings is 1. The molecule has 134 valence electrons. The summed E-state index contributed by atoms with van der Waals surface area (Å²) < 4.78 is 11.0. The van der Waals surface area contributed by atoms with Crippen LogP contribution >= 0.6 is 0 Å². The van der Waals surface area contributed by atoms with Crippen molar-refractivity contribution >= 4 is 5.96 Å². The molecule has 0 aliphatic carbocycles. The van der Waals surface area contributed by atoms with Gasteiger partial charge in [-0.15, -0.1) is 0 Å². The highest BCUT2D eigenvalue weighted by Gasteiger charge is 1.99. The van der Waals surface area contributed by atoms with Crippen molar-refractivity contribution in [3.63, 3.8) is 0 Å². The van der Waals surface area contributed by atoms with Gasteiger partial charge in [-0.3, -0.25) is 4.98 Å². The molecule has 3 N–H and O–H groups in total. The van der Waals surface area contributed by atoms with Gasteiger partial charge in [0.25, 0.3) is 0 Å². The number of hydrogen-bond acceptors (Lipinski definition) is 4. The minimum absolute atomic E-state index is 0.441. The Labute approximate surface area is 149 Å². The van der Waals surface area contributed by atoms with Gasteiger partial charge in [-0.25, -0.2) is 4.99 Å². The Kier molecular flexibility index (Phi) is 8.27. The van der Waals surface area contributed by atoms with Gasteiger partial charge in [0.05, 0.1) is 12.2 Å². The van der Waals surface area contributed by atoms with Crippen LogP contribution in [0.1, 0.15) is 24.6 Å². The van der Waals surface area contributed by atoms with Crippen LogP contribution in [0.15, 0.2) is 53.7 Å². The second-order valence-electron chi connectivity index (χ2n) is 5.44. The zero-order valence-corrected chi connectivity index (χ0v) is 14.6. The molecule has 0 unspecified atom stereocenters. The van der Waals surface area contributed by atoms with Crippen LogP contribution in [0, 0.1) is 0 Å². The van der Waals surface area contributed by atoms with Crippen molar-refractivity contribution in [2.24, 2.45) is 10.7 Å². The summed E-state index contributed by atoms with van der Waals surface area (Å²) in [5.41, 5.74) is 7.80. The van der Waals surface area contributed by atoms with E-state index in [1.807, 2.05) is 49.4 Å². The lowest BCUT2D eigenvalue weighted by Crippen LogP contribution is -2.32. The third-order valence-corrected chi connectivity index (χ3v) is 3.42. The Morgan fingerprint density at radius 2 is 2.16 bits per heavy atom. The number of hydrogen-bond donors (Lipinski definition) is 2. The molecule has 0 saturated carbocycles. The fourth-order valence-corrected chi connectivity index (χ4v) is 2.14. The van der Waals surface area contributed by atoms with Crippen LogP contribution in [0.3, 0.4) is 0 Å². The Morgan fingerprint density at radius 3 is 2.96 bits per heavy atom. The van der Waals surface area contributed by atoms with Crippen molar-refractivity contribution < 1.29 is 9.47 Å². The lowest BCUT2D eigenvalue weighted by Gasteiger charge is -2.08. The minimum Gasteiger partial charge on any atom is -0.487 e. The molecule has 0 spiro atoms. The summed E-state index contributed by atoms with van der Waals surface area (Å²) in [6.45, 7) is 5.15. The highest BCUT2D eigenvalue weighted by molar-refractivity contribution is 5.77. The Balaban J connectivity index is 1.77. The van der Waals surface area contributed by atoms with E-state index in [1.54, 1.807) is 6.20 Å². The highest BCUT2D eigenvalue weighted by Crippen LogP contribution is 2.15. The Bertz CT molecular complexity index is 647. The van der Waals surface area contributed by atoms with E-state index < -0.39 is 0 Å². The van der Waals surface area contributed by atoms with E-state index in [0.29, 0.717) is 19.1 Å².